The highest BCUT2D eigenvalue weighted by Crippen LogP contribution is 2.26. The van der Waals surface area contributed by atoms with E-state index >= 15 is 0 Å². The van der Waals surface area contributed by atoms with Crippen molar-refractivity contribution in [3.63, 3.8) is 0 Å². The third-order valence-electron chi connectivity index (χ3n) is 3.09. The van der Waals surface area contributed by atoms with Crippen LogP contribution in [0.2, 0.25) is 0 Å². The number of anilines is 2. The van der Waals surface area contributed by atoms with E-state index in [9.17, 15) is 4.39 Å². The molecule has 4 heteroatoms. The van der Waals surface area contributed by atoms with E-state index in [0.29, 0.717) is 0 Å². The maximum atomic E-state index is 12.9. The van der Waals surface area contributed by atoms with Crippen molar-refractivity contribution in [1.82, 2.24) is 0 Å². The lowest BCUT2D eigenvalue weighted by molar-refractivity contribution is 0.628. The summed E-state index contributed by atoms with van der Waals surface area (Å²) >= 11 is 1.52. The Hall–Kier alpha value is -1.94. The summed E-state index contributed by atoms with van der Waals surface area (Å²) in [7, 11) is 1.93. The maximum Gasteiger partial charge on any atom is 0.123 e. The topological polar surface area (TPSA) is 24.1 Å². The van der Waals surface area contributed by atoms with Gasteiger partial charge in [0.25, 0.3) is 0 Å². The molecule has 0 heterocycles. The lowest BCUT2D eigenvalue weighted by Gasteiger charge is -2.11. The molecule has 0 aliphatic heterocycles. The van der Waals surface area contributed by atoms with Gasteiger partial charge in [0.05, 0.1) is 0 Å². The Morgan fingerprint density at radius 1 is 1.19 bits per heavy atom. The van der Waals surface area contributed by atoms with Crippen molar-refractivity contribution in [2.45, 2.75) is 17.7 Å². The highest BCUT2D eigenvalue weighted by Gasteiger charge is 2.03. The minimum Gasteiger partial charge on any atom is -0.388 e. The van der Waals surface area contributed by atoms with Gasteiger partial charge in [0.2, 0.25) is 0 Å². The van der Waals surface area contributed by atoms with Gasteiger partial charge in [0, 0.05) is 23.3 Å². The van der Waals surface area contributed by atoms with Crippen LogP contribution in [-0.4, -0.2) is 7.05 Å². The molecule has 110 valence electrons. The Balaban J connectivity index is 2.05. The van der Waals surface area contributed by atoms with Crippen molar-refractivity contribution in [1.29, 1.82) is 0 Å². The number of halogens is 1. The first kappa shape index (κ1) is 15.4. The van der Waals surface area contributed by atoms with E-state index < -0.39 is 0 Å². The number of hydrogen-bond acceptors (Lipinski definition) is 3. The molecule has 0 unspecified atom stereocenters. The van der Waals surface area contributed by atoms with Crippen LogP contribution in [-0.2, 0) is 6.42 Å². The van der Waals surface area contributed by atoms with E-state index in [1.165, 1.54) is 29.6 Å². The van der Waals surface area contributed by atoms with Crippen LogP contribution in [0.5, 0.6) is 0 Å². The second-order valence-corrected chi connectivity index (χ2v) is 5.49. The highest BCUT2D eigenvalue weighted by atomic mass is 32.2. The summed E-state index contributed by atoms with van der Waals surface area (Å²) in [6.07, 6.45) is 3.84. The van der Waals surface area contributed by atoms with Gasteiger partial charge in [-0.15, -0.1) is 6.58 Å². The minimum atomic E-state index is -0.226. The molecule has 2 aromatic carbocycles. The molecule has 0 fully saturated rings. The van der Waals surface area contributed by atoms with Crippen LogP contribution >= 0.6 is 11.9 Å². The van der Waals surface area contributed by atoms with Crippen molar-refractivity contribution in [2.24, 2.45) is 0 Å². The summed E-state index contributed by atoms with van der Waals surface area (Å²) < 4.78 is 16.1. The van der Waals surface area contributed by atoms with Crippen molar-refractivity contribution in [3.8, 4) is 0 Å². The van der Waals surface area contributed by atoms with Crippen molar-refractivity contribution in [2.75, 3.05) is 17.1 Å². The van der Waals surface area contributed by atoms with E-state index in [0.717, 1.165) is 29.1 Å². The van der Waals surface area contributed by atoms with Crippen molar-refractivity contribution < 1.29 is 4.39 Å². The SMILES string of the molecule is C=CCCc1cc(SNc2ccc(F)cc2)ccc1NC. The highest BCUT2D eigenvalue weighted by molar-refractivity contribution is 8.00. The number of nitrogens with one attached hydrogen (secondary N) is 2. The Kier molecular flexibility index (Phi) is 5.69. The first-order valence-corrected chi connectivity index (χ1v) is 7.64. The Morgan fingerprint density at radius 3 is 2.62 bits per heavy atom. The van der Waals surface area contributed by atoms with E-state index in [2.05, 4.69) is 34.8 Å². The molecule has 0 radical (unpaired) electrons. The molecule has 0 saturated carbocycles. The number of allylic oxidation sites excluding steroid dienone is 1. The van der Waals surface area contributed by atoms with Gasteiger partial charge in [-0.3, -0.25) is 0 Å². The van der Waals surface area contributed by atoms with Crippen molar-refractivity contribution in [3.05, 3.63) is 66.5 Å². The fraction of sp³-hybridized carbons (Fsp3) is 0.176. The summed E-state index contributed by atoms with van der Waals surface area (Å²) in [5, 5.41) is 3.21. The number of benzene rings is 2. The molecule has 0 aromatic heterocycles. The number of aryl methyl sites for hydroxylation is 1. The largest absolute Gasteiger partial charge is 0.388 e. The molecule has 0 amide bonds. The maximum absolute atomic E-state index is 12.9. The minimum absolute atomic E-state index is 0.226. The monoisotopic (exact) mass is 302 g/mol. The third kappa shape index (κ3) is 4.53. The average Bonchev–Trinajstić information content (AvgIpc) is 2.52. The van der Waals surface area contributed by atoms with Crippen LogP contribution in [0, 0.1) is 5.82 Å². The normalized spacial score (nSPS) is 10.2. The van der Waals surface area contributed by atoms with Gasteiger partial charge >= 0.3 is 0 Å². The zero-order valence-corrected chi connectivity index (χ0v) is 12.8. The van der Waals surface area contributed by atoms with Crippen LogP contribution in [0.25, 0.3) is 0 Å². The molecule has 0 saturated heterocycles. The van der Waals surface area contributed by atoms with Gasteiger partial charge in [-0.25, -0.2) is 4.39 Å². The molecule has 0 aliphatic carbocycles. The fourth-order valence-corrected chi connectivity index (χ4v) is 2.69. The van der Waals surface area contributed by atoms with Crippen LogP contribution in [0.4, 0.5) is 15.8 Å². The summed E-state index contributed by atoms with van der Waals surface area (Å²) in [6, 6.07) is 12.6. The van der Waals surface area contributed by atoms with Gasteiger partial charge in [-0.05, 0) is 72.8 Å². The zero-order valence-electron chi connectivity index (χ0n) is 12.0. The summed E-state index contributed by atoms with van der Waals surface area (Å²) in [5.41, 5.74) is 3.29. The Morgan fingerprint density at radius 2 is 1.95 bits per heavy atom. The van der Waals surface area contributed by atoms with Gasteiger partial charge < -0.3 is 10.0 Å². The lowest BCUT2D eigenvalue weighted by Crippen LogP contribution is -1.96. The average molecular weight is 302 g/mol. The molecule has 0 atom stereocenters. The summed E-state index contributed by atoms with van der Waals surface area (Å²) in [4.78, 5) is 1.12. The molecule has 0 bridgehead atoms. The van der Waals surface area contributed by atoms with Gasteiger partial charge in [0.15, 0.2) is 0 Å². The molecular weight excluding hydrogens is 283 g/mol. The quantitative estimate of drug-likeness (QED) is 0.549. The first-order valence-electron chi connectivity index (χ1n) is 6.83. The van der Waals surface area contributed by atoms with Crippen LogP contribution in [0.15, 0.2) is 60.0 Å². The van der Waals surface area contributed by atoms with Gasteiger partial charge in [0.1, 0.15) is 5.82 Å². The van der Waals surface area contributed by atoms with Gasteiger partial charge in [-0.1, -0.05) is 6.08 Å². The predicted molar refractivity (Wildman–Crippen MR) is 90.4 cm³/mol. The second-order valence-electron chi connectivity index (χ2n) is 4.61. The number of rotatable bonds is 7. The third-order valence-corrected chi connectivity index (χ3v) is 3.92. The molecule has 0 spiro atoms. The fourth-order valence-electron chi connectivity index (χ4n) is 1.98. The van der Waals surface area contributed by atoms with Crippen LogP contribution in [0.1, 0.15) is 12.0 Å². The summed E-state index contributed by atoms with van der Waals surface area (Å²) in [6.45, 7) is 3.77. The van der Waals surface area contributed by atoms with Gasteiger partial charge in [-0.2, -0.15) is 0 Å². The second kappa shape index (κ2) is 7.74. The molecule has 2 aromatic rings. The number of hydrogen-bond donors (Lipinski definition) is 2. The lowest BCUT2D eigenvalue weighted by atomic mass is 10.1. The molecule has 0 aliphatic rings. The smallest absolute Gasteiger partial charge is 0.123 e. The standard InChI is InChI=1S/C17H19FN2S/c1-3-4-5-13-12-16(10-11-17(13)19-2)21-20-15-8-6-14(18)7-9-15/h3,6-12,19-20H,1,4-5H2,2H3. The Bertz CT molecular complexity index is 596. The van der Waals surface area contributed by atoms with E-state index in [4.69, 9.17) is 0 Å². The molecule has 2 rings (SSSR count). The summed E-state index contributed by atoms with van der Waals surface area (Å²) in [5.74, 6) is -0.226. The predicted octanol–water partition coefficient (Wildman–Crippen LogP) is 5.11. The van der Waals surface area contributed by atoms with E-state index in [-0.39, 0.29) is 5.82 Å². The molecule has 2 nitrogen and oxygen atoms in total. The Labute approximate surface area is 129 Å². The molecule has 2 N–H and O–H groups in total. The zero-order chi connectivity index (χ0) is 15.1. The molecule has 21 heavy (non-hydrogen) atoms. The van der Waals surface area contributed by atoms with E-state index in [1.807, 2.05) is 13.1 Å². The first-order chi connectivity index (χ1) is 10.2. The van der Waals surface area contributed by atoms with E-state index in [1.54, 1.807) is 12.1 Å². The molecular formula is C17H19FN2S. The van der Waals surface area contributed by atoms with Crippen molar-refractivity contribution >= 4 is 23.3 Å². The van der Waals surface area contributed by atoms with Crippen LogP contribution in [0.3, 0.4) is 0 Å². The van der Waals surface area contributed by atoms with Crippen LogP contribution < -0.4 is 10.0 Å².